The molecule has 0 saturated carbocycles. The summed E-state index contributed by atoms with van der Waals surface area (Å²) < 4.78 is 45.2. The van der Waals surface area contributed by atoms with Crippen LogP contribution in [0.3, 0.4) is 0 Å². The fourth-order valence-electron chi connectivity index (χ4n) is 1.34. The van der Waals surface area contributed by atoms with Gasteiger partial charge >= 0.3 is 6.18 Å². The van der Waals surface area contributed by atoms with E-state index in [9.17, 15) is 13.2 Å². The fraction of sp³-hybridized carbons (Fsp3) is 0.500. The second-order valence-corrected chi connectivity index (χ2v) is 3.68. The second-order valence-electron chi connectivity index (χ2n) is 3.68. The van der Waals surface area contributed by atoms with Gasteiger partial charge in [-0.1, -0.05) is 18.2 Å². The van der Waals surface area contributed by atoms with E-state index >= 15 is 0 Å². The van der Waals surface area contributed by atoms with Gasteiger partial charge in [-0.15, -0.1) is 0 Å². The number of hydrogen-bond acceptors (Lipinski definition) is 3. The number of hydrogen-bond donors (Lipinski definition) is 1. The van der Waals surface area contributed by atoms with Crippen molar-refractivity contribution in [2.75, 3.05) is 19.8 Å². The highest BCUT2D eigenvalue weighted by atomic mass is 19.4. The summed E-state index contributed by atoms with van der Waals surface area (Å²) in [4.78, 5) is 0. The summed E-state index contributed by atoms with van der Waals surface area (Å²) in [7, 11) is 0. The van der Waals surface area contributed by atoms with E-state index in [0.717, 1.165) is 5.56 Å². The summed E-state index contributed by atoms with van der Waals surface area (Å²) in [6, 6.07) is 7.28. The van der Waals surface area contributed by atoms with Crippen LogP contribution >= 0.6 is 0 Å². The lowest BCUT2D eigenvalue weighted by Crippen LogP contribution is -2.18. The molecule has 0 fully saturated rings. The Kier molecular flexibility index (Phi) is 5.94. The van der Waals surface area contributed by atoms with Gasteiger partial charge in [0.15, 0.2) is 0 Å². The monoisotopic (exact) mass is 263 g/mol. The van der Waals surface area contributed by atoms with Crippen molar-refractivity contribution in [1.82, 2.24) is 0 Å². The maximum absolute atomic E-state index is 11.8. The molecule has 0 aromatic heterocycles. The van der Waals surface area contributed by atoms with Crippen molar-refractivity contribution in [3.8, 4) is 5.75 Å². The molecule has 0 aliphatic rings. The molecule has 1 rings (SSSR count). The van der Waals surface area contributed by atoms with Crippen molar-refractivity contribution in [2.24, 2.45) is 5.73 Å². The van der Waals surface area contributed by atoms with Crippen LogP contribution in [0.15, 0.2) is 24.3 Å². The van der Waals surface area contributed by atoms with Crippen LogP contribution in [-0.2, 0) is 11.3 Å². The number of alkyl halides is 3. The minimum absolute atomic E-state index is 0.0182. The van der Waals surface area contributed by atoms with Crippen molar-refractivity contribution < 1.29 is 22.6 Å². The fourth-order valence-corrected chi connectivity index (χ4v) is 1.34. The maximum Gasteiger partial charge on any atom is 0.411 e. The summed E-state index contributed by atoms with van der Waals surface area (Å²) in [5.74, 6) is 0.663. The van der Waals surface area contributed by atoms with Crippen LogP contribution in [0, 0.1) is 0 Å². The molecular formula is C12H16F3NO2. The highest BCUT2D eigenvalue weighted by Crippen LogP contribution is 2.17. The molecule has 0 radical (unpaired) electrons. The van der Waals surface area contributed by atoms with Crippen LogP contribution in [0.2, 0.25) is 0 Å². The van der Waals surface area contributed by atoms with Crippen LogP contribution in [0.5, 0.6) is 5.75 Å². The quantitative estimate of drug-likeness (QED) is 0.769. The summed E-state index contributed by atoms with van der Waals surface area (Å²) in [5.41, 5.74) is 6.39. The molecule has 0 spiro atoms. The Bertz CT molecular complexity index is 355. The van der Waals surface area contributed by atoms with E-state index in [1.807, 2.05) is 18.2 Å². The van der Waals surface area contributed by atoms with Crippen molar-refractivity contribution in [1.29, 1.82) is 0 Å². The smallest absolute Gasteiger partial charge is 0.411 e. The van der Waals surface area contributed by atoms with Crippen molar-refractivity contribution >= 4 is 0 Å². The van der Waals surface area contributed by atoms with Gasteiger partial charge in [-0.2, -0.15) is 13.2 Å². The summed E-state index contributed by atoms with van der Waals surface area (Å²) >= 11 is 0. The summed E-state index contributed by atoms with van der Waals surface area (Å²) in [6.07, 6.45) is -3.87. The Morgan fingerprint density at radius 1 is 1.11 bits per heavy atom. The minimum atomic E-state index is -4.27. The van der Waals surface area contributed by atoms with Crippen LogP contribution < -0.4 is 10.5 Å². The van der Waals surface area contributed by atoms with Crippen LogP contribution in [-0.4, -0.2) is 26.0 Å². The second kappa shape index (κ2) is 7.23. The van der Waals surface area contributed by atoms with Crippen molar-refractivity contribution in [3.63, 3.8) is 0 Å². The molecule has 1 aromatic carbocycles. The van der Waals surface area contributed by atoms with E-state index in [1.54, 1.807) is 6.07 Å². The van der Waals surface area contributed by atoms with Gasteiger partial charge < -0.3 is 15.2 Å². The summed E-state index contributed by atoms with van der Waals surface area (Å²) in [5, 5.41) is 0. The molecule has 3 nitrogen and oxygen atoms in total. The van der Waals surface area contributed by atoms with Crippen LogP contribution in [0.1, 0.15) is 12.0 Å². The Labute approximate surface area is 104 Å². The Hall–Kier alpha value is -1.27. The van der Waals surface area contributed by atoms with Crippen molar-refractivity contribution in [3.05, 3.63) is 29.8 Å². The first-order chi connectivity index (χ1) is 8.53. The lowest BCUT2D eigenvalue weighted by molar-refractivity contribution is -0.174. The number of benzene rings is 1. The molecule has 0 unspecified atom stereocenters. The van der Waals surface area contributed by atoms with E-state index in [4.69, 9.17) is 10.5 Å². The average Bonchev–Trinajstić information content (AvgIpc) is 2.32. The van der Waals surface area contributed by atoms with E-state index in [2.05, 4.69) is 4.74 Å². The predicted octanol–water partition coefficient (Wildman–Crippen LogP) is 2.49. The molecular weight excluding hydrogens is 247 g/mol. The molecule has 1 aromatic rings. The van der Waals surface area contributed by atoms with E-state index in [0.29, 0.717) is 25.3 Å². The van der Waals surface area contributed by atoms with Gasteiger partial charge in [0.1, 0.15) is 12.4 Å². The molecule has 0 heterocycles. The van der Waals surface area contributed by atoms with Crippen molar-refractivity contribution in [2.45, 2.75) is 19.1 Å². The lowest BCUT2D eigenvalue weighted by atomic mass is 10.2. The Morgan fingerprint density at radius 3 is 2.50 bits per heavy atom. The number of rotatable bonds is 7. The zero-order valence-electron chi connectivity index (χ0n) is 9.87. The van der Waals surface area contributed by atoms with Crippen LogP contribution in [0.25, 0.3) is 0 Å². The van der Waals surface area contributed by atoms with Gasteiger partial charge in [0.2, 0.25) is 0 Å². The van der Waals surface area contributed by atoms with E-state index in [1.165, 1.54) is 0 Å². The van der Waals surface area contributed by atoms with Gasteiger partial charge in [0.05, 0.1) is 13.2 Å². The predicted molar refractivity (Wildman–Crippen MR) is 61.3 cm³/mol. The van der Waals surface area contributed by atoms with Gasteiger partial charge in [-0.3, -0.25) is 0 Å². The normalized spacial score (nSPS) is 11.6. The van der Waals surface area contributed by atoms with Gasteiger partial charge in [0.25, 0.3) is 0 Å². The highest BCUT2D eigenvalue weighted by molar-refractivity contribution is 5.32. The number of para-hydroxylation sites is 1. The third-order valence-corrected chi connectivity index (χ3v) is 2.15. The zero-order valence-corrected chi connectivity index (χ0v) is 9.87. The Balaban J connectivity index is 2.18. The first-order valence-electron chi connectivity index (χ1n) is 5.58. The van der Waals surface area contributed by atoms with E-state index < -0.39 is 12.8 Å². The lowest BCUT2D eigenvalue weighted by Gasteiger charge is -2.10. The largest absolute Gasteiger partial charge is 0.493 e. The van der Waals surface area contributed by atoms with Gasteiger partial charge in [-0.25, -0.2) is 0 Å². The third-order valence-electron chi connectivity index (χ3n) is 2.15. The third kappa shape index (κ3) is 5.88. The topological polar surface area (TPSA) is 44.5 Å². The first kappa shape index (κ1) is 14.8. The molecule has 0 aliphatic heterocycles. The molecule has 0 saturated heterocycles. The molecule has 0 atom stereocenters. The van der Waals surface area contributed by atoms with Gasteiger partial charge in [0, 0.05) is 18.5 Å². The molecule has 102 valence electrons. The average molecular weight is 263 g/mol. The number of nitrogens with two attached hydrogens (primary N) is 1. The highest BCUT2D eigenvalue weighted by Gasteiger charge is 2.27. The molecule has 0 bridgehead atoms. The summed E-state index contributed by atoms with van der Waals surface area (Å²) in [6.45, 7) is -0.535. The zero-order chi connectivity index (χ0) is 13.4. The van der Waals surface area contributed by atoms with Crippen LogP contribution in [0.4, 0.5) is 13.2 Å². The molecule has 2 N–H and O–H groups in total. The number of ether oxygens (including phenoxy) is 2. The van der Waals surface area contributed by atoms with Gasteiger partial charge in [-0.05, 0) is 6.07 Å². The standard InChI is InChI=1S/C12H16F3NO2/c13-12(14,15)9-17-6-3-7-18-11-5-2-1-4-10(11)8-16/h1-2,4-5H,3,6-9,16H2. The molecule has 0 aliphatic carbocycles. The van der Waals surface area contributed by atoms with E-state index in [-0.39, 0.29) is 6.61 Å². The first-order valence-corrected chi connectivity index (χ1v) is 5.58. The molecule has 18 heavy (non-hydrogen) atoms. The SMILES string of the molecule is NCc1ccccc1OCCCOCC(F)(F)F. The molecule has 0 amide bonds. The number of halogens is 3. The minimum Gasteiger partial charge on any atom is -0.493 e. The molecule has 6 heteroatoms. The Morgan fingerprint density at radius 2 is 1.83 bits per heavy atom. The maximum atomic E-state index is 11.8.